The first kappa shape index (κ1) is 12.4. The molecule has 1 atom stereocenters. The summed E-state index contributed by atoms with van der Waals surface area (Å²) in [4.78, 5) is 21.7. The van der Waals surface area contributed by atoms with Crippen molar-refractivity contribution in [3.8, 4) is 0 Å². The molecule has 0 fully saturated rings. The Morgan fingerprint density at radius 3 is 2.46 bits per heavy atom. The zero-order valence-electron chi connectivity index (χ0n) is 8.01. The van der Waals surface area contributed by atoms with E-state index in [2.05, 4.69) is 0 Å². The summed E-state index contributed by atoms with van der Waals surface area (Å²) >= 11 is 5.53. The molecule has 1 unspecified atom stereocenters. The second-order valence-corrected chi connectivity index (χ2v) is 3.19. The number of halogens is 1. The molecule has 0 aromatic heterocycles. The molecule has 0 aliphatic heterocycles. The summed E-state index contributed by atoms with van der Waals surface area (Å²) in [6, 6.07) is 0. The lowest BCUT2D eigenvalue weighted by Crippen LogP contribution is -2.21. The van der Waals surface area contributed by atoms with Gasteiger partial charge in [0.05, 0.1) is 5.88 Å². The van der Waals surface area contributed by atoms with E-state index in [1.807, 2.05) is 6.92 Å². The van der Waals surface area contributed by atoms with Gasteiger partial charge in [-0.1, -0.05) is 6.92 Å². The molecular weight excluding hydrogens is 192 g/mol. The summed E-state index contributed by atoms with van der Waals surface area (Å²) in [5.41, 5.74) is 0. The molecule has 4 heteroatoms. The van der Waals surface area contributed by atoms with Gasteiger partial charge in [-0.2, -0.15) is 0 Å². The van der Waals surface area contributed by atoms with Crippen LogP contribution in [0.4, 0.5) is 0 Å². The van der Waals surface area contributed by atoms with Gasteiger partial charge in [0.15, 0.2) is 0 Å². The third-order valence-corrected chi connectivity index (χ3v) is 1.83. The summed E-state index contributed by atoms with van der Waals surface area (Å²) in [7, 11) is 0. The minimum absolute atomic E-state index is 0.0920. The van der Waals surface area contributed by atoms with Gasteiger partial charge in [0.1, 0.15) is 11.9 Å². The van der Waals surface area contributed by atoms with Gasteiger partial charge in [-0.25, -0.2) is 0 Å². The van der Waals surface area contributed by atoms with Gasteiger partial charge in [0.2, 0.25) is 0 Å². The Morgan fingerprint density at radius 1 is 1.46 bits per heavy atom. The van der Waals surface area contributed by atoms with Crippen LogP contribution in [0.15, 0.2) is 0 Å². The average Bonchev–Trinajstić information content (AvgIpc) is 2.02. The second kappa shape index (κ2) is 6.89. The molecule has 0 rings (SSSR count). The number of rotatable bonds is 6. The molecule has 0 aliphatic carbocycles. The maximum Gasteiger partial charge on any atom is 0.302 e. The highest BCUT2D eigenvalue weighted by Gasteiger charge is 2.14. The summed E-state index contributed by atoms with van der Waals surface area (Å²) in [5, 5.41) is 0. The molecule has 0 aromatic carbocycles. The number of ketones is 1. The number of hydrogen-bond donors (Lipinski definition) is 0. The standard InChI is InChI=1S/C9H15ClO3/c1-3-4-8(12)5-9(6-10)13-7(2)11/h9H,3-6H2,1-2H3. The van der Waals surface area contributed by atoms with Crippen molar-refractivity contribution in [2.45, 2.75) is 39.2 Å². The normalized spacial score (nSPS) is 12.2. The van der Waals surface area contributed by atoms with Crippen molar-refractivity contribution in [1.82, 2.24) is 0 Å². The predicted molar refractivity (Wildman–Crippen MR) is 50.8 cm³/mol. The number of hydrogen-bond acceptors (Lipinski definition) is 3. The molecule has 0 amide bonds. The summed E-state index contributed by atoms with van der Waals surface area (Å²) in [6.45, 7) is 3.24. The first-order chi connectivity index (χ1) is 6.10. The van der Waals surface area contributed by atoms with Crippen LogP contribution in [0.2, 0.25) is 0 Å². The van der Waals surface area contributed by atoms with E-state index in [0.717, 1.165) is 6.42 Å². The van der Waals surface area contributed by atoms with Crippen LogP contribution in [0.3, 0.4) is 0 Å². The summed E-state index contributed by atoms with van der Waals surface area (Å²) in [6.07, 6.45) is 1.11. The fourth-order valence-electron chi connectivity index (χ4n) is 0.997. The third-order valence-electron chi connectivity index (χ3n) is 1.49. The molecule has 13 heavy (non-hydrogen) atoms. The van der Waals surface area contributed by atoms with Gasteiger partial charge in [-0.15, -0.1) is 11.6 Å². The Balaban J connectivity index is 3.83. The molecule has 76 valence electrons. The predicted octanol–water partition coefficient (Wildman–Crippen LogP) is 1.92. The first-order valence-electron chi connectivity index (χ1n) is 4.35. The quantitative estimate of drug-likeness (QED) is 0.493. The van der Waals surface area contributed by atoms with E-state index in [-0.39, 0.29) is 18.1 Å². The average molecular weight is 207 g/mol. The molecule has 0 bridgehead atoms. The highest BCUT2D eigenvalue weighted by atomic mass is 35.5. The lowest BCUT2D eigenvalue weighted by molar-refractivity contribution is -0.146. The molecule has 3 nitrogen and oxygen atoms in total. The molecule has 0 saturated heterocycles. The van der Waals surface area contributed by atoms with Gasteiger partial charge >= 0.3 is 5.97 Å². The van der Waals surface area contributed by atoms with Gasteiger partial charge < -0.3 is 4.74 Å². The van der Waals surface area contributed by atoms with Crippen LogP contribution in [-0.4, -0.2) is 23.7 Å². The lowest BCUT2D eigenvalue weighted by Gasteiger charge is -2.12. The highest BCUT2D eigenvalue weighted by molar-refractivity contribution is 6.18. The minimum atomic E-state index is -0.460. The van der Waals surface area contributed by atoms with E-state index in [4.69, 9.17) is 16.3 Å². The van der Waals surface area contributed by atoms with Crippen molar-refractivity contribution in [3.05, 3.63) is 0 Å². The maximum atomic E-state index is 11.1. The Morgan fingerprint density at radius 2 is 2.08 bits per heavy atom. The number of alkyl halides is 1. The number of carbonyl (C=O) groups excluding carboxylic acids is 2. The molecule has 0 heterocycles. The van der Waals surface area contributed by atoms with Gasteiger partial charge in [-0.3, -0.25) is 9.59 Å². The number of carbonyl (C=O) groups is 2. The fourth-order valence-corrected chi connectivity index (χ4v) is 1.17. The Kier molecular flexibility index (Phi) is 6.59. The minimum Gasteiger partial charge on any atom is -0.461 e. The highest BCUT2D eigenvalue weighted by Crippen LogP contribution is 2.05. The van der Waals surface area contributed by atoms with E-state index in [9.17, 15) is 9.59 Å². The van der Waals surface area contributed by atoms with Gasteiger partial charge in [-0.05, 0) is 6.42 Å². The van der Waals surface area contributed by atoms with Crippen molar-refractivity contribution in [2.75, 3.05) is 5.88 Å². The molecule has 0 aromatic rings. The molecular formula is C9H15ClO3. The van der Waals surface area contributed by atoms with Crippen LogP contribution in [0, 0.1) is 0 Å². The number of esters is 1. The van der Waals surface area contributed by atoms with Crippen LogP contribution in [0.25, 0.3) is 0 Å². The van der Waals surface area contributed by atoms with E-state index in [1.54, 1.807) is 0 Å². The largest absolute Gasteiger partial charge is 0.461 e. The zero-order chi connectivity index (χ0) is 10.3. The van der Waals surface area contributed by atoms with E-state index in [0.29, 0.717) is 6.42 Å². The second-order valence-electron chi connectivity index (χ2n) is 2.88. The molecule has 0 N–H and O–H groups in total. The van der Waals surface area contributed by atoms with Crippen LogP contribution < -0.4 is 0 Å². The van der Waals surface area contributed by atoms with Crippen LogP contribution >= 0.6 is 11.6 Å². The monoisotopic (exact) mass is 206 g/mol. The van der Waals surface area contributed by atoms with Crippen molar-refractivity contribution in [1.29, 1.82) is 0 Å². The van der Waals surface area contributed by atoms with Crippen LogP contribution in [0.1, 0.15) is 33.1 Å². The maximum absolute atomic E-state index is 11.1. The van der Waals surface area contributed by atoms with Crippen molar-refractivity contribution < 1.29 is 14.3 Å². The lowest BCUT2D eigenvalue weighted by atomic mass is 10.1. The summed E-state index contributed by atoms with van der Waals surface area (Å²) in [5.74, 6) is -0.126. The van der Waals surface area contributed by atoms with E-state index in [1.165, 1.54) is 6.92 Å². The molecule has 0 saturated carbocycles. The summed E-state index contributed by atoms with van der Waals surface area (Å²) < 4.78 is 4.82. The van der Waals surface area contributed by atoms with Crippen LogP contribution in [0.5, 0.6) is 0 Å². The smallest absolute Gasteiger partial charge is 0.302 e. The SMILES string of the molecule is CCCC(=O)CC(CCl)OC(C)=O. The Bertz CT molecular complexity index is 180. The molecule has 0 aliphatic rings. The van der Waals surface area contributed by atoms with Crippen molar-refractivity contribution >= 4 is 23.4 Å². The number of ether oxygens (including phenoxy) is 1. The number of Topliss-reactive ketones (excluding diaryl/α,β-unsaturated/α-hetero) is 1. The Labute approximate surface area is 83.4 Å². The molecule has 0 radical (unpaired) electrons. The fraction of sp³-hybridized carbons (Fsp3) is 0.778. The third kappa shape index (κ3) is 6.58. The van der Waals surface area contributed by atoms with Gasteiger partial charge in [0, 0.05) is 19.8 Å². The Hall–Kier alpha value is -0.570. The van der Waals surface area contributed by atoms with Crippen LogP contribution in [-0.2, 0) is 14.3 Å². The van der Waals surface area contributed by atoms with Crippen molar-refractivity contribution in [3.63, 3.8) is 0 Å². The molecule has 0 spiro atoms. The first-order valence-corrected chi connectivity index (χ1v) is 4.88. The topological polar surface area (TPSA) is 43.4 Å². The zero-order valence-corrected chi connectivity index (χ0v) is 8.76. The van der Waals surface area contributed by atoms with E-state index >= 15 is 0 Å². The van der Waals surface area contributed by atoms with Crippen molar-refractivity contribution in [2.24, 2.45) is 0 Å². The van der Waals surface area contributed by atoms with Gasteiger partial charge in [0.25, 0.3) is 0 Å². The van der Waals surface area contributed by atoms with E-state index < -0.39 is 12.1 Å².